The molecule has 3 atom stereocenters. The molecule has 1 amide bonds. The molecule has 3 rings (SSSR count). The fraction of sp³-hybridized carbons (Fsp3) is 0.650. The Kier molecular flexibility index (Phi) is 5.52. The minimum atomic E-state index is 0.0176. The second-order valence-electron chi connectivity index (χ2n) is 8.04. The largest absolute Gasteiger partial charge is 0.506 e. The molecule has 2 aliphatic rings. The van der Waals surface area contributed by atoms with Crippen LogP contribution in [0, 0.1) is 11.8 Å². The van der Waals surface area contributed by atoms with Crippen LogP contribution in [0.2, 0.25) is 0 Å². The van der Waals surface area contributed by atoms with E-state index in [2.05, 4.69) is 30.6 Å². The summed E-state index contributed by atoms with van der Waals surface area (Å²) in [5.74, 6) is 1.86. The molecule has 1 aromatic rings. The van der Waals surface area contributed by atoms with E-state index < -0.39 is 0 Å². The summed E-state index contributed by atoms with van der Waals surface area (Å²) < 4.78 is 0. The maximum Gasteiger partial charge on any atom is 0.280 e. The number of piperidine rings is 1. The topological polar surface area (TPSA) is 48.2 Å². The number of rotatable bonds is 3. The van der Waals surface area contributed by atoms with Crippen molar-refractivity contribution >= 4 is 11.6 Å². The van der Waals surface area contributed by atoms with Crippen molar-refractivity contribution in [1.29, 1.82) is 0 Å². The number of hydrogen-bond acceptors (Lipinski definition) is 3. The molecule has 0 saturated carbocycles. The Balaban J connectivity index is 1.57. The van der Waals surface area contributed by atoms with Gasteiger partial charge in [-0.2, -0.15) is 0 Å². The van der Waals surface area contributed by atoms with Gasteiger partial charge in [0.15, 0.2) is 6.04 Å². The van der Waals surface area contributed by atoms with E-state index in [4.69, 9.17) is 0 Å². The average molecular weight is 346 g/mol. The van der Waals surface area contributed by atoms with Crippen molar-refractivity contribution in [2.24, 2.45) is 11.8 Å². The van der Waals surface area contributed by atoms with Crippen LogP contribution in [-0.2, 0) is 4.79 Å². The Hall–Kier alpha value is -1.75. The van der Waals surface area contributed by atoms with Crippen molar-refractivity contribution in [2.45, 2.75) is 33.2 Å². The number of quaternary nitrogens is 1. The highest BCUT2D eigenvalue weighted by Crippen LogP contribution is 2.26. The highest BCUT2D eigenvalue weighted by molar-refractivity contribution is 5.80. The van der Waals surface area contributed by atoms with Crippen molar-refractivity contribution in [1.82, 2.24) is 4.90 Å². The molecule has 0 spiro atoms. The summed E-state index contributed by atoms with van der Waals surface area (Å²) in [6, 6.07) is 7.52. The van der Waals surface area contributed by atoms with Crippen LogP contribution in [0.1, 0.15) is 27.2 Å². The van der Waals surface area contributed by atoms with Gasteiger partial charge in [0.2, 0.25) is 0 Å². The number of aromatic hydroxyl groups is 1. The second-order valence-corrected chi connectivity index (χ2v) is 8.04. The third-order valence-electron chi connectivity index (χ3n) is 5.79. The molecule has 2 aliphatic heterocycles. The van der Waals surface area contributed by atoms with Crippen molar-refractivity contribution in [3.8, 4) is 5.75 Å². The highest BCUT2D eigenvalue weighted by atomic mass is 16.3. The van der Waals surface area contributed by atoms with Crippen LogP contribution in [0.15, 0.2) is 24.3 Å². The number of nitrogens with one attached hydrogen (secondary N) is 1. The Bertz CT molecular complexity index is 588. The summed E-state index contributed by atoms with van der Waals surface area (Å²) in [5, 5.41) is 10.0. The van der Waals surface area contributed by atoms with Gasteiger partial charge >= 0.3 is 0 Å². The van der Waals surface area contributed by atoms with Crippen LogP contribution in [0.4, 0.5) is 5.69 Å². The van der Waals surface area contributed by atoms with Gasteiger partial charge in [-0.3, -0.25) is 4.79 Å². The monoisotopic (exact) mass is 346 g/mol. The fourth-order valence-corrected chi connectivity index (χ4v) is 4.49. The number of carbonyl (C=O) groups excluding carboxylic acids is 1. The summed E-state index contributed by atoms with van der Waals surface area (Å²) in [4.78, 5) is 18.6. The molecular formula is C20H32N3O2+. The molecule has 5 heteroatoms. The Labute approximate surface area is 151 Å². The van der Waals surface area contributed by atoms with Gasteiger partial charge in [-0.05, 0) is 37.3 Å². The van der Waals surface area contributed by atoms with Crippen molar-refractivity contribution in [3.05, 3.63) is 24.3 Å². The number of piperazine rings is 1. The van der Waals surface area contributed by atoms with E-state index in [-0.39, 0.29) is 6.04 Å². The van der Waals surface area contributed by atoms with E-state index in [0.29, 0.717) is 23.5 Å². The SMILES string of the molecule is C[C@H]1C[C@H](C)CN(C(=O)[C@@H](C)[NH+]2CCN(c3ccccc3O)CC2)C1. The number of benzene rings is 1. The van der Waals surface area contributed by atoms with E-state index in [9.17, 15) is 9.90 Å². The number of para-hydroxylation sites is 2. The third kappa shape index (κ3) is 4.09. The number of hydrogen-bond donors (Lipinski definition) is 2. The fourth-order valence-electron chi connectivity index (χ4n) is 4.49. The van der Waals surface area contributed by atoms with Gasteiger partial charge in [-0.1, -0.05) is 26.0 Å². The molecule has 1 aromatic carbocycles. The standard InChI is InChI=1S/C20H31N3O2/c1-15-12-16(2)14-23(13-15)20(25)17(3)21-8-10-22(11-9-21)18-6-4-5-7-19(18)24/h4-7,15-17,24H,8-14H2,1-3H3/p+1/t15-,16-,17+/m0/s1. The van der Waals surface area contributed by atoms with Gasteiger partial charge in [-0.15, -0.1) is 0 Å². The minimum absolute atomic E-state index is 0.0176. The smallest absolute Gasteiger partial charge is 0.280 e. The van der Waals surface area contributed by atoms with E-state index >= 15 is 0 Å². The maximum absolute atomic E-state index is 12.9. The molecule has 5 nitrogen and oxygen atoms in total. The summed E-state index contributed by atoms with van der Waals surface area (Å²) in [6.07, 6.45) is 1.23. The molecule has 2 saturated heterocycles. The van der Waals surface area contributed by atoms with Crippen molar-refractivity contribution in [2.75, 3.05) is 44.2 Å². The van der Waals surface area contributed by atoms with Crippen LogP contribution in [0.25, 0.3) is 0 Å². The van der Waals surface area contributed by atoms with Gasteiger partial charge in [0, 0.05) is 13.1 Å². The summed E-state index contributed by atoms with van der Waals surface area (Å²) in [7, 11) is 0. The lowest BCUT2D eigenvalue weighted by molar-refractivity contribution is -0.915. The van der Waals surface area contributed by atoms with E-state index in [1.54, 1.807) is 6.07 Å². The number of phenols is 1. The van der Waals surface area contributed by atoms with E-state index in [0.717, 1.165) is 45.0 Å². The first-order chi connectivity index (χ1) is 12.0. The lowest BCUT2D eigenvalue weighted by atomic mass is 9.91. The van der Waals surface area contributed by atoms with E-state index in [1.165, 1.54) is 11.3 Å². The normalized spacial score (nSPS) is 26.5. The Morgan fingerprint density at radius 1 is 1.16 bits per heavy atom. The molecule has 2 heterocycles. The summed E-state index contributed by atoms with van der Waals surface area (Å²) in [5.41, 5.74) is 0.902. The van der Waals surface area contributed by atoms with Crippen LogP contribution >= 0.6 is 0 Å². The molecule has 2 N–H and O–H groups in total. The first-order valence-corrected chi connectivity index (χ1v) is 9.62. The number of anilines is 1. The van der Waals surface area contributed by atoms with Crippen LogP contribution < -0.4 is 9.80 Å². The number of nitrogens with zero attached hydrogens (tertiary/aromatic N) is 2. The molecule has 25 heavy (non-hydrogen) atoms. The van der Waals surface area contributed by atoms with E-state index in [1.807, 2.05) is 18.2 Å². The number of carbonyl (C=O) groups is 1. The first-order valence-electron chi connectivity index (χ1n) is 9.62. The number of likely N-dealkylation sites (tertiary alicyclic amines) is 1. The molecule has 2 fully saturated rings. The van der Waals surface area contributed by atoms with Crippen molar-refractivity contribution in [3.63, 3.8) is 0 Å². The second kappa shape index (κ2) is 7.65. The van der Waals surface area contributed by atoms with Crippen LogP contribution in [-0.4, -0.2) is 61.2 Å². The Morgan fingerprint density at radius 2 is 1.76 bits per heavy atom. The Morgan fingerprint density at radius 3 is 2.36 bits per heavy atom. The zero-order valence-electron chi connectivity index (χ0n) is 15.7. The van der Waals surface area contributed by atoms with Gasteiger partial charge in [0.1, 0.15) is 5.75 Å². The van der Waals surface area contributed by atoms with Crippen molar-refractivity contribution < 1.29 is 14.8 Å². The van der Waals surface area contributed by atoms with Gasteiger partial charge in [0.05, 0.1) is 31.9 Å². The third-order valence-corrected chi connectivity index (χ3v) is 5.79. The number of phenolic OH excluding ortho intramolecular Hbond substituents is 1. The molecule has 0 aromatic heterocycles. The highest BCUT2D eigenvalue weighted by Gasteiger charge is 2.35. The number of amides is 1. The molecule has 0 radical (unpaired) electrons. The summed E-state index contributed by atoms with van der Waals surface area (Å²) in [6.45, 7) is 12.0. The molecule has 0 unspecified atom stereocenters. The van der Waals surface area contributed by atoms with Crippen LogP contribution in [0.5, 0.6) is 5.75 Å². The lowest BCUT2D eigenvalue weighted by Crippen LogP contribution is -3.19. The predicted octanol–water partition coefficient (Wildman–Crippen LogP) is 0.990. The van der Waals surface area contributed by atoms with Gasteiger partial charge < -0.3 is 19.8 Å². The molecule has 0 bridgehead atoms. The minimum Gasteiger partial charge on any atom is -0.506 e. The maximum atomic E-state index is 12.9. The van der Waals surface area contributed by atoms with Crippen LogP contribution in [0.3, 0.4) is 0 Å². The summed E-state index contributed by atoms with van der Waals surface area (Å²) >= 11 is 0. The van der Waals surface area contributed by atoms with Gasteiger partial charge in [-0.25, -0.2) is 0 Å². The molecule has 0 aliphatic carbocycles. The zero-order valence-corrected chi connectivity index (χ0v) is 15.7. The lowest BCUT2D eigenvalue weighted by Gasteiger charge is -2.40. The zero-order chi connectivity index (χ0) is 18.0. The first kappa shape index (κ1) is 18.1. The molecular weight excluding hydrogens is 314 g/mol. The predicted molar refractivity (Wildman–Crippen MR) is 100 cm³/mol. The van der Waals surface area contributed by atoms with Gasteiger partial charge in [0.25, 0.3) is 5.91 Å². The average Bonchev–Trinajstić information content (AvgIpc) is 2.60. The quantitative estimate of drug-likeness (QED) is 0.858. The molecule has 138 valence electrons.